The smallest absolute Gasteiger partial charge is 0.337 e. The Bertz CT molecular complexity index is 740. The highest BCUT2D eigenvalue weighted by Gasteiger charge is 2.19. The van der Waals surface area contributed by atoms with Gasteiger partial charge in [0.2, 0.25) is 0 Å². The lowest BCUT2D eigenvalue weighted by molar-refractivity contribution is -0.141. The van der Waals surface area contributed by atoms with Gasteiger partial charge in [-0.3, -0.25) is 9.59 Å². The highest BCUT2D eigenvalue weighted by Crippen LogP contribution is 2.18. The lowest BCUT2D eigenvalue weighted by Crippen LogP contribution is -2.30. The molecular formula is C19H19NO5. The first-order valence-corrected chi connectivity index (χ1v) is 7.66. The van der Waals surface area contributed by atoms with E-state index in [0.717, 1.165) is 5.56 Å². The van der Waals surface area contributed by atoms with Gasteiger partial charge in [-0.25, -0.2) is 4.79 Å². The van der Waals surface area contributed by atoms with Gasteiger partial charge in [-0.05, 0) is 29.8 Å². The molecule has 2 rings (SSSR count). The van der Waals surface area contributed by atoms with E-state index < -0.39 is 18.0 Å². The quantitative estimate of drug-likeness (QED) is 0.817. The van der Waals surface area contributed by atoms with Crippen LogP contribution in [0.3, 0.4) is 0 Å². The van der Waals surface area contributed by atoms with Gasteiger partial charge in [-0.1, -0.05) is 30.3 Å². The number of rotatable bonds is 6. The fraction of sp³-hybridized carbons (Fsp3) is 0.211. The Hall–Kier alpha value is -3.15. The summed E-state index contributed by atoms with van der Waals surface area (Å²) in [6.45, 7) is 0. The Morgan fingerprint density at radius 2 is 1.48 bits per heavy atom. The molecule has 0 saturated carbocycles. The zero-order valence-corrected chi connectivity index (χ0v) is 14.0. The maximum absolute atomic E-state index is 12.5. The zero-order chi connectivity index (χ0) is 18.2. The van der Waals surface area contributed by atoms with Crippen LogP contribution in [0.15, 0.2) is 54.6 Å². The van der Waals surface area contributed by atoms with Crippen molar-refractivity contribution < 1.29 is 23.9 Å². The van der Waals surface area contributed by atoms with Crippen molar-refractivity contribution in [1.82, 2.24) is 5.32 Å². The van der Waals surface area contributed by atoms with Crippen LogP contribution in [0.1, 0.15) is 38.7 Å². The Morgan fingerprint density at radius 1 is 0.880 bits per heavy atom. The lowest BCUT2D eigenvalue weighted by atomic mass is 10.0. The third-order valence-corrected chi connectivity index (χ3v) is 3.67. The van der Waals surface area contributed by atoms with Crippen LogP contribution in [0.25, 0.3) is 0 Å². The van der Waals surface area contributed by atoms with Gasteiger partial charge in [0.05, 0.1) is 32.2 Å². The second-order valence-corrected chi connectivity index (χ2v) is 5.29. The third-order valence-electron chi connectivity index (χ3n) is 3.67. The molecule has 1 N–H and O–H groups in total. The molecule has 0 fully saturated rings. The minimum atomic E-state index is -0.513. The molecule has 130 valence electrons. The highest BCUT2D eigenvalue weighted by atomic mass is 16.5. The number of hydrogen-bond acceptors (Lipinski definition) is 5. The molecule has 0 saturated heterocycles. The molecule has 6 heteroatoms. The normalized spacial score (nSPS) is 11.3. The summed E-state index contributed by atoms with van der Waals surface area (Å²) in [7, 11) is 2.60. The molecule has 0 aliphatic carbocycles. The molecule has 6 nitrogen and oxygen atoms in total. The number of carbonyl (C=O) groups excluding carboxylic acids is 3. The Labute approximate surface area is 145 Å². The van der Waals surface area contributed by atoms with Gasteiger partial charge < -0.3 is 14.8 Å². The van der Waals surface area contributed by atoms with E-state index in [2.05, 4.69) is 10.1 Å². The summed E-state index contributed by atoms with van der Waals surface area (Å²) in [5.41, 5.74) is 1.53. The van der Waals surface area contributed by atoms with Gasteiger partial charge >= 0.3 is 11.9 Å². The second kappa shape index (κ2) is 8.63. The van der Waals surface area contributed by atoms with E-state index >= 15 is 0 Å². The molecule has 2 aromatic rings. The van der Waals surface area contributed by atoms with Crippen LogP contribution in [0, 0.1) is 0 Å². The molecular weight excluding hydrogens is 322 g/mol. The second-order valence-electron chi connectivity index (χ2n) is 5.29. The summed E-state index contributed by atoms with van der Waals surface area (Å²) in [4.78, 5) is 35.5. The fourth-order valence-corrected chi connectivity index (χ4v) is 2.30. The molecule has 0 aliphatic heterocycles. The molecule has 0 aromatic heterocycles. The maximum Gasteiger partial charge on any atom is 0.337 e. The van der Waals surface area contributed by atoms with E-state index in [1.54, 1.807) is 0 Å². The summed E-state index contributed by atoms with van der Waals surface area (Å²) < 4.78 is 9.33. The molecule has 0 radical (unpaired) electrons. The maximum atomic E-state index is 12.5. The zero-order valence-electron chi connectivity index (χ0n) is 14.0. The highest BCUT2D eigenvalue weighted by molar-refractivity contribution is 5.96. The predicted molar refractivity (Wildman–Crippen MR) is 91.1 cm³/mol. The van der Waals surface area contributed by atoms with Crippen molar-refractivity contribution in [3.8, 4) is 0 Å². The first kappa shape index (κ1) is 18.2. The number of nitrogens with one attached hydrogen (secondary N) is 1. The topological polar surface area (TPSA) is 81.7 Å². The molecule has 1 amide bonds. The van der Waals surface area contributed by atoms with Crippen LogP contribution < -0.4 is 5.32 Å². The van der Waals surface area contributed by atoms with Crippen LogP contribution in [-0.4, -0.2) is 32.1 Å². The van der Waals surface area contributed by atoms with Crippen molar-refractivity contribution in [2.45, 2.75) is 12.5 Å². The van der Waals surface area contributed by atoms with Crippen molar-refractivity contribution >= 4 is 17.8 Å². The van der Waals surface area contributed by atoms with Crippen LogP contribution in [0.5, 0.6) is 0 Å². The van der Waals surface area contributed by atoms with Crippen molar-refractivity contribution in [1.29, 1.82) is 0 Å². The average Bonchev–Trinajstić information content (AvgIpc) is 2.67. The van der Waals surface area contributed by atoms with Crippen molar-refractivity contribution in [2.24, 2.45) is 0 Å². The van der Waals surface area contributed by atoms with Crippen molar-refractivity contribution in [3.05, 3.63) is 71.3 Å². The minimum Gasteiger partial charge on any atom is -0.469 e. The summed E-state index contributed by atoms with van der Waals surface area (Å²) >= 11 is 0. The first-order chi connectivity index (χ1) is 12.0. The number of benzene rings is 2. The standard InChI is InChI=1S/C19H19NO5/c1-24-17(21)12-16(13-6-4-3-5-7-13)20-18(22)14-8-10-15(11-9-14)19(23)25-2/h3-11,16H,12H2,1-2H3,(H,20,22)/t16-/m1/s1. The minimum absolute atomic E-state index is 0.0203. The van der Waals surface area contributed by atoms with E-state index in [1.807, 2.05) is 30.3 Å². The number of esters is 2. The SMILES string of the molecule is COC(=O)C[C@@H](NC(=O)c1ccc(C(=O)OC)cc1)c1ccccc1. The number of hydrogen-bond donors (Lipinski definition) is 1. The molecule has 2 aromatic carbocycles. The van der Waals surface area contributed by atoms with Gasteiger partial charge in [-0.2, -0.15) is 0 Å². The fourth-order valence-electron chi connectivity index (χ4n) is 2.30. The third kappa shape index (κ3) is 4.91. The molecule has 0 aliphatic rings. The Balaban J connectivity index is 2.16. The number of amides is 1. The molecule has 0 bridgehead atoms. The summed E-state index contributed by atoms with van der Waals surface area (Å²) in [6, 6.07) is 14.7. The van der Waals surface area contributed by atoms with E-state index in [9.17, 15) is 14.4 Å². The van der Waals surface area contributed by atoms with E-state index in [4.69, 9.17) is 4.74 Å². The van der Waals surface area contributed by atoms with Gasteiger partial charge in [0, 0.05) is 5.56 Å². The molecule has 0 heterocycles. The summed E-state index contributed by atoms with van der Waals surface area (Å²) in [5.74, 6) is -1.25. The Kier molecular flexibility index (Phi) is 6.28. The first-order valence-electron chi connectivity index (χ1n) is 7.66. The lowest BCUT2D eigenvalue weighted by Gasteiger charge is -2.18. The van der Waals surface area contributed by atoms with Gasteiger partial charge in [0.1, 0.15) is 0 Å². The van der Waals surface area contributed by atoms with Crippen LogP contribution in [0.2, 0.25) is 0 Å². The van der Waals surface area contributed by atoms with E-state index in [-0.39, 0.29) is 12.3 Å². The Morgan fingerprint density at radius 3 is 2.04 bits per heavy atom. The monoisotopic (exact) mass is 341 g/mol. The van der Waals surface area contributed by atoms with Gasteiger partial charge in [0.15, 0.2) is 0 Å². The number of ether oxygens (including phenoxy) is 2. The van der Waals surface area contributed by atoms with Crippen molar-refractivity contribution in [2.75, 3.05) is 14.2 Å². The summed E-state index contributed by atoms with van der Waals surface area (Å²) in [6.07, 6.45) is 0.0203. The average molecular weight is 341 g/mol. The van der Waals surface area contributed by atoms with Gasteiger partial charge in [-0.15, -0.1) is 0 Å². The predicted octanol–water partition coefficient (Wildman–Crippen LogP) is 2.51. The van der Waals surface area contributed by atoms with Crippen molar-refractivity contribution in [3.63, 3.8) is 0 Å². The molecule has 1 atom stereocenters. The van der Waals surface area contributed by atoms with E-state index in [1.165, 1.54) is 38.5 Å². The van der Waals surface area contributed by atoms with Crippen LogP contribution in [0.4, 0.5) is 0 Å². The molecule has 0 unspecified atom stereocenters. The summed E-state index contributed by atoms with van der Waals surface area (Å²) in [5, 5.41) is 2.82. The number of methoxy groups -OCH3 is 2. The number of carbonyl (C=O) groups is 3. The largest absolute Gasteiger partial charge is 0.469 e. The van der Waals surface area contributed by atoms with Crippen LogP contribution in [-0.2, 0) is 14.3 Å². The van der Waals surface area contributed by atoms with Crippen LogP contribution >= 0.6 is 0 Å². The molecule has 0 spiro atoms. The molecule has 25 heavy (non-hydrogen) atoms. The van der Waals surface area contributed by atoms with E-state index in [0.29, 0.717) is 11.1 Å². The van der Waals surface area contributed by atoms with Gasteiger partial charge in [0.25, 0.3) is 5.91 Å².